The number of likely N-dealkylation sites (tertiary alicyclic amines) is 1. The number of halogens is 3. The third-order valence-electron chi connectivity index (χ3n) is 8.67. The second kappa shape index (κ2) is 10.5. The zero-order valence-electron chi connectivity index (χ0n) is 22.4. The Balaban J connectivity index is 1.46. The molecule has 5 rings (SSSR count). The number of hydrogen-bond donors (Lipinski definition) is 0. The molecule has 3 heterocycles. The Morgan fingerprint density at radius 2 is 1.95 bits per heavy atom. The summed E-state index contributed by atoms with van der Waals surface area (Å²) in [5.74, 6) is 0.593. The molecule has 1 aliphatic carbocycles. The number of piperidine rings is 1. The number of fused-ring (bicyclic) bond motifs is 1. The van der Waals surface area contributed by atoms with Crippen LogP contribution in [0.5, 0.6) is 0 Å². The molecule has 0 bridgehead atoms. The van der Waals surface area contributed by atoms with Crippen molar-refractivity contribution in [1.29, 1.82) is 5.26 Å². The van der Waals surface area contributed by atoms with Crippen LogP contribution in [-0.4, -0.2) is 33.3 Å². The van der Waals surface area contributed by atoms with E-state index in [1.54, 1.807) is 29.9 Å². The summed E-state index contributed by atoms with van der Waals surface area (Å²) in [6.45, 7) is 8.21. The van der Waals surface area contributed by atoms with Gasteiger partial charge in [-0.25, -0.2) is 4.98 Å². The van der Waals surface area contributed by atoms with Crippen molar-refractivity contribution >= 4 is 16.8 Å². The molecular formula is C31H33F3N4O. The Morgan fingerprint density at radius 3 is 2.59 bits per heavy atom. The van der Waals surface area contributed by atoms with Gasteiger partial charge in [0.25, 0.3) is 0 Å². The van der Waals surface area contributed by atoms with E-state index in [-0.39, 0.29) is 33.6 Å². The Hall–Kier alpha value is -3.60. The van der Waals surface area contributed by atoms with Gasteiger partial charge >= 0.3 is 6.18 Å². The molecular weight excluding hydrogens is 501 g/mol. The first-order valence-corrected chi connectivity index (χ1v) is 13.6. The van der Waals surface area contributed by atoms with Gasteiger partial charge in [0.2, 0.25) is 0 Å². The first-order chi connectivity index (χ1) is 18.6. The summed E-state index contributed by atoms with van der Waals surface area (Å²) >= 11 is 0. The molecule has 2 aromatic heterocycles. The Kier molecular flexibility index (Phi) is 7.28. The monoisotopic (exact) mass is 534 g/mol. The van der Waals surface area contributed by atoms with Gasteiger partial charge in [-0.1, -0.05) is 38.5 Å². The molecule has 1 aromatic carbocycles. The van der Waals surface area contributed by atoms with Gasteiger partial charge in [-0.05, 0) is 54.4 Å². The van der Waals surface area contributed by atoms with E-state index in [0.29, 0.717) is 17.4 Å². The van der Waals surface area contributed by atoms with Gasteiger partial charge in [-0.3, -0.25) is 4.79 Å². The van der Waals surface area contributed by atoms with Gasteiger partial charge in [-0.2, -0.15) is 18.4 Å². The van der Waals surface area contributed by atoms with Crippen LogP contribution in [0.1, 0.15) is 77.6 Å². The summed E-state index contributed by atoms with van der Waals surface area (Å²) in [7, 11) is 1.72. The molecule has 39 heavy (non-hydrogen) atoms. The summed E-state index contributed by atoms with van der Waals surface area (Å²) in [6, 6.07) is 8.00. The number of aryl methyl sites for hydroxylation is 1. The molecule has 5 nitrogen and oxygen atoms in total. The third-order valence-corrected chi connectivity index (χ3v) is 8.67. The lowest BCUT2D eigenvalue weighted by molar-refractivity contribution is -0.136. The second-order valence-electron chi connectivity index (χ2n) is 11.1. The summed E-state index contributed by atoms with van der Waals surface area (Å²) < 4.78 is 45.7. The van der Waals surface area contributed by atoms with Gasteiger partial charge in [0.05, 0.1) is 17.2 Å². The molecule has 8 heteroatoms. The highest BCUT2D eigenvalue weighted by molar-refractivity contribution is 5.99. The fraction of sp³-hybridized carbons (Fsp3) is 0.452. The molecule has 1 saturated carbocycles. The summed E-state index contributed by atoms with van der Waals surface area (Å²) in [5.41, 5.74) is 1.66. The molecule has 2 atom stereocenters. The predicted molar refractivity (Wildman–Crippen MR) is 144 cm³/mol. The van der Waals surface area contributed by atoms with Gasteiger partial charge in [-0.15, -0.1) is 0 Å². The smallest absolute Gasteiger partial charge is 0.375 e. The maximum absolute atomic E-state index is 14.7. The fourth-order valence-electron chi connectivity index (χ4n) is 6.57. The standard InChI is InChI=1S/C31H33F3N4O/c1-19-6-4-9-25(19)20(2)38-12-10-22(11-13-38)26-18-37(3)30-28(26)29(31(32,33)34)24(17-36-30)15-27(39)23-8-5-7-21(14-23)16-35/h5,7-8,14,17-19,22,25H,2,4,6,9-13,15H2,1,3H3/t19-,25?/m1/s1. The Bertz CT molecular complexity index is 1460. The normalized spacial score (nSPS) is 20.4. The molecule has 3 aromatic rings. The van der Waals surface area contributed by atoms with Crippen molar-refractivity contribution in [3.63, 3.8) is 0 Å². The highest BCUT2D eigenvalue weighted by Gasteiger charge is 2.39. The lowest BCUT2D eigenvalue weighted by atomic mass is 9.86. The molecule has 2 aliphatic rings. The maximum atomic E-state index is 14.7. The molecule has 1 unspecified atom stereocenters. The van der Waals surface area contributed by atoms with E-state index in [2.05, 4.69) is 23.4 Å². The zero-order valence-corrected chi connectivity index (χ0v) is 22.4. The largest absolute Gasteiger partial charge is 0.417 e. The number of pyridine rings is 1. The van der Waals surface area contributed by atoms with E-state index >= 15 is 0 Å². The fourth-order valence-corrected chi connectivity index (χ4v) is 6.57. The first-order valence-electron chi connectivity index (χ1n) is 13.6. The molecule has 204 valence electrons. The number of carbonyl (C=O) groups excluding carboxylic acids is 1. The van der Waals surface area contributed by atoms with E-state index in [4.69, 9.17) is 5.26 Å². The van der Waals surface area contributed by atoms with Gasteiger partial charge < -0.3 is 9.47 Å². The van der Waals surface area contributed by atoms with Gasteiger partial charge in [0.15, 0.2) is 5.78 Å². The lowest BCUT2D eigenvalue weighted by Crippen LogP contribution is -2.35. The van der Waals surface area contributed by atoms with Crippen molar-refractivity contribution in [3.8, 4) is 6.07 Å². The summed E-state index contributed by atoms with van der Waals surface area (Å²) in [5, 5.41) is 9.24. The molecule has 1 saturated heterocycles. The number of carbonyl (C=O) groups is 1. The number of benzene rings is 1. The van der Waals surface area contributed by atoms with Crippen molar-refractivity contribution in [2.75, 3.05) is 13.1 Å². The SMILES string of the molecule is C=C(C1CCC[C@H]1C)N1CCC(c2cn(C)c3ncc(CC(=O)c4cccc(C#N)c4)c(C(F)(F)F)c23)CC1. The second-order valence-corrected chi connectivity index (χ2v) is 11.1. The number of rotatable bonds is 6. The minimum atomic E-state index is -4.66. The van der Waals surface area contributed by atoms with Crippen LogP contribution >= 0.6 is 0 Å². The third kappa shape index (κ3) is 5.19. The quantitative estimate of drug-likeness (QED) is 0.319. The highest BCUT2D eigenvalue weighted by atomic mass is 19.4. The Morgan fingerprint density at radius 1 is 1.21 bits per heavy atom. The maximum Gasteiger partial charge on any atom is 0.417 e. The molecule has 0 amide bonds. The van der Waals surface area contributed by atoms with Crippen molar-refractivity contribution in [2.45, 2.75) is 57.5 Å². The van der Waals surface area contributed by atoms with Crippen molar-refractivity contribution < 1.29 is 18.0 Å². The molecule has 0 N–H and O–H groups in total. The minimum absolute atomic E-state index is 0.0417. The Labute approximate surface area is 226 Å². The number of Topliss-reactive ketones (excluding diaryl/α,β-unsaturated/α-hetero) is 1. The van der Waals surface area contributed by atoms with Crippen LogP contribution in [0, 0.1) is 23.2 Å². The van der Waals surface area contributed by atoms with Crippen molar-refractivity contribution in [1.82, 2.24) is 14.5 Å². The number of nitrogens with zero attached hydrogens (tertiary/aromatic N) is 4. The van der Waals surface area contributed by atoms with Crippen LogP contribution in [-0.2, 0) is 19.6 Å². The van der Waals surface area contributed by atoms with Crippen LogP contribution in [0.3, 0.4) is 0 Å². The molecule has 2 fully saturated rings. The predicted octanol–water partition coefficient (Wildman–Crippen LogP) is 7.02. The number of hydrogen-bond acceptors (Lipinski definition) is 4. The van der Waals surface area contributed by atoms with E-state index < -0.39 is 23.9 Å². The van der Waals surface area contributed by atoms with Gasteiger partial charge in [0, 0.05) is 61.5 Å². The van der Waals surface area contributed by atoms with Crippen LogP contribution < -0.4 is 0 Å². The average Bonchev–Trinajstić information content (AvgIpc) is 3.50. The number of nitriles is 1. The number of allylic oxidation sites excluding steroid dienone is 1. The highest BCUT2D eigenvalue weighted by Crippen LogP contribution is 2.44. The first kappa shape index (κ1) is 27.0. The van der Waals surface area contributed by atoms with E-state index in [0.717, 1.165) is 32.4 Å². The van der Waals surface area contributed by atoms with E-state index in [1.165, 1.54) is 36.9 Å². The average molecular weight is 535 g/mol. The summed E-state index contributed by atoms with van der Waals surface area (Å²) in [4.78, 5) is 19.7. The number of ketones is 1. The minimum Gasteiger partial charge on any atom is -0.375 e. The topological polar surface area (TPSA) is 61.9 Å². The van der Waals surface area contributed by atoms with Crippen LogP contribution in [0.4, 0.5) is 13.2 Å². The van der Waals surface area contributed by atoms with Crippen LogP contribution in [0.15, 0.2) is 48.9 Å². The zero-order chi connectivity index (χ0) is 27.9. The van der Waals surface area contributed by atoms with E-state index in [1.807, 2.05) is 6.07 Å². The van der Waals surface area contributed by atoms with Crippen LogP contribution in [0.2, 0.25) is 0 Å². The van der Waals surface area contributed by atoms with E-state index in [9.17, 15) is 18.0 Å². The lowest BCUT2D eigenvalue weighted by Gasteiger charge is -2.38. The molecule has 1 aliphatic heterocycles. The van der Waals surface area contributed by atoms with Crippen molar-refractivity contribution in [3.05, 3.63) is 76.8 Å². The number of aromatic nitrogens is 2. The summed E-state index contributed by atoms with van der Waals surface area (Å²) in [6.07, 6.45) is 2.93. The van der Waals surface area contributed by atoms with Crippen LogP contribution in [0.25, 0.3) is 11.0 Å². The molecule has 0 radical (unpaired) electrons. The van der Waals surface area contributed by atoms with Crippen molar-refractivity contribution in [2.24, 2.45) is 18.9 Å². The molecule has 0 spiro atoms. The number of alkyl halides is 3. The van der Waals surface area contributed by atoms with Gasteiger partial charge in [0.1, 0.15) is 5.65 Å².